The molecule has 4 aromatic carbocycles. The van der Waals surface area contributed by atoms with Crippen molar-refractivity contribution in [3.8, 4) is 16.9 Å². The van der Waals surface area contributed by atoms with Crippen LogP contribution in [-0.4, -0.2) is 5.11 Å². The predicted octanol–water partition coefficient (Wildman–Crippen LogP) is 6.54. The van der Waals surface area contributed by atoms with Gasteiger partial charge in [-0.05, 0) is 56.5 Å². The first-order valence-corrected chi connectivity index (χ1v) is 10.5. The lowest BCUT2D eigenvalue weighted by atomic mass is 9.31. The number of rotatable bonds is 0. The van der Waals surface area contributed by atoms with E-state index in [1.165, 1.54) is 38.6 Å². The molecule has 1 saturated carbocycles. The van der Waals surface area contributed by atoms with E-state index in [-0.39, 0.29) is 16.2 Å². The third-order valence-electron chi connectivity index (χ3n) is 8.22. The lowest BCUT2D eigenvalue weighted by molar-refractivity contribution is -0.0224. The van der Waals surface area contributed by atoms with Crippen molar-refractivity contribution < 1.29 is 5.11 Å². The second kappa shape index (κ2) is 4.57. The average molecular weight is 374 g/mol. The minimum atomic E-state index is -0.214. The van der Waals surface area contributed by atoms with Gasteiger partial charge < -0.3 is 5.11 Å². The van der Waals surface area contributed by atoms with Crippen LogP contribution in [0.15, 0.2) is 78.9 Å². The van der Waals surface area contributed by atoms with Crippen LogP contribution in [0.3, 0.4) is 0 Å². The third kappa shape index (κ3) is 1.37. The summed E-state index contributed by atoms with van der Waals surface area (Å²) in [5.41, 5.74) is 7.69. The molecule has 0 amide bonds. The summed E-state index contributed by atoms with van der Waals surface area (Å²) < 4.78 is 0. The van der Waals surface area contributed by atoms with Gasteiger partial charge in [-0.1, -0.05) is 86.6 Å². The Kier molecular flexibility index (Phi) is 2.49. The average Bonchev–Trinajstić information content (AvgIpc) is 2.97. The second-order valence-corrected chi connectivity index (χ2v) is 9.67. The molecule has 1 heteroatoms. The Balaban J connectivity index is 1.80. The quantitative estimate of drug-likeness (QED) is 0.370. The van der Waals surface area contributed by atoms with Gasteiger partial charge in [0.2, 0.25) is 0 Å². The molecule has 0 aliphatic heterocycles. The maximum absolute atomic E-state index is 11.2. The van der Waals surface area contributed by atoms with E-state index in [1.54, 1.807) is 0 Å². The minimum Gasteiger partial charge on any atom is -0.508 e. The topological polar surface area (TPSA) is 20.2 Å². The molecule has 0 bridgehead atoms. The van der Waals surface area contributed by atoms with E-state index < -0.39 is 0 Å². The first-order chi connectivity index (χ1) is 14.0. The zero-order valence-electron chi connectivity index (χ0n) is 16.7. The molecule has 0 spiro atoms. The number of benzene rings is 4. The highest BCUT2D eigenvalue weighted by atomic mass is 16.3. The van der Waals surface area contributed by atoms with Crippen LogP contribution in [0.5, 0.6) is 5.75 Å². The molecule has 0 radical (unpaired) electrons. The van der Waals surface area contributed by atoms with Gasteiger partial charge in [-0.15, -0.1) is 0 Å². The van der Waals surface area contributed by atoms with E-state index >= 15 is 0 Å². The smallest absolute Gasteiger partial charge is 0.120 e. The van der Waals surface area contributed by atoms with Gasteiger partial charge in [0, 0.05) is 16.4 Å². The van der Waals surface area contributed by atoms with Crippen LogP contribution < -0.4 is 0 Å². The number of phenolic OH excluding ortho intramolecular Hbond substituents is 1. The van der Waals surface area contributed by atoms with Gasteiger partial charge in [0.15, 0.2) is 0 Å². The van der Waals surface area contributed by atoms with Crippen LogP contribution in [0.2, 0.25) is 0 Å². The Morgan fingerprint density at radius 3 is 2.10 bits per heavy atom. The molecule has 4 aromatic rings. The fourth-order valence-electron chi connectivity index (χ4n) is 7.69. The molecule has 1 N–H and O–H groups in total. The molecule has 0 saturated heterocycles. The summed E-state index contributed by atoms with van der Waals surface area (Å²) in [5, 5.41) is 13.7. The summed E-state index contributed by atoms with van der Waals surface area (Å²) >= 11 is 0. The predicted molar refractivity (Wildman–Crippen MR) is 117 cm³/mol. The van der Waals surface area contributed by atoms with Gasteiger partial charge in [0.25, 0.3) is 0 Å². The fourth-order valence-corrected chi connectivity index (χ4v) is 7.69. The van der Waals surface area contributed by atoms with E-state index in [4.69, 9.17) is 0 Å². The Hall–Kier alpha value is -3.06. The molecule has 0 aromatic heterocycles. The van der Waals surface area contributed by atoms with Gasteiger partial charge in [0.05, 0.1) is 0 Å². The van der Waals surface area contributed by atoms with E-state index in [9.17, 15) is 5.11 Å². The highest BCUT2D eigenvalue weighted by Crippen LogP contribution is 2.81. The molecule has 7 rings (SSSR count). The summed E-state index contributed by atoms with van der Waals surface area (Å²) in [4.78, 5) is 0. The van der Waals surface area contributed by atoms with Gasteiger partial charge in [0.1, 0.15) is 5.75 Å². The van der Waals surface area contributed by atoms with E-state index in [1.807, 2.05) is 6.07 Å². The molecule has 1 fully saturated rings. The zero-order valence-corrected chi connectivity index (χ0v) is 16.7. The van der Waals surface area contributed by atoms with Crippen molar-refractivity contribution in [3.05, 3.63) is 101 Å². The molecule has 3 aliphatic carbocycles. The Morgan fingerprint density at radius 2 is 1.34 bits per heavy atom. The first kappa shape index (κ1) is 15.8. The van der Waals surface area contributed by atoms with Crippen LogP contribution in [0.4, 0.5) is 0 Å². The highest BCUT2D eigenvalue weighted by Gasteiger charge is 2.77. The Labute approximate surface area is 170 Å². The van der Waals surface area contributed by atoms with Crippen LogP contribution in [0.25, 0.3) is 21.9 Å². The summed E-state index contributed by atoms with van der Waals surface area (Å²) in [7, 11) is 0. The van der Waals surface area contributed by atoms with Gasteiger partial charge in [-0.2, -0.15) is 0 Å². The standard InChI is InChI=1S/C28H22O/c1-26(2)16-27-20-11-5-3-9-18(20)19-10-4-6-12-21(19)28(26,27)22-13-7-8-17-14-15-23(29)25(27)24(17)22/h3-15,29H,16H2,1-2H3. The second-order valence-electron chi connectivity index (χ2n) is 9.67. The van der Waals surface area contributed by atoms with Crippen LogP contribution in [0, 0.1) is 5.41 Å². The zero-order chi connectivity index (χ0) is 19.6. The molecular formula is C28H22O. The number of hydrogen-bond donors (Lipinski definition) is 1. The molecule has 3 aliphatic rings. The fraction of sp³-hybridized carbons (Fsp3) is 0.214. The monoisotopic (exact) mass is 374 g/mol. The molecule has 0 heterocycles. The Bertz CT molecular complexity index is 1380. The number of aromatic hydroxyl groups is 1. The minimum absolute atomic E-state index is 0.0797. The summed E-state index contributed by atoms with van der Waals surface area (Å²) in [6, 6.07) is 28.5. The van der Waals surface area contributed by atoms with Crippen molar-refractivity contribution in [1.82, 2.24) is 0 Å². The van der Waals surface area contributed by atoms with Crippen LogP contribution >= 0.6 is 0 Å². The molecule has 1 nitrogen and oxygen atoms in total. The van der Waals surface area contributed by atoms with Gasteiger partial charge in [-0.3, -0.25) is 0 Å². The maximum atomic E-state index is 11.2. The van der Waals surface area contributed by atoms with Crippen molar-refractivity contribution in [2.24, 2.45) is 5.41 Å². The molecule has 140 valence electrons. The summed E-state index contributed by atoms with van der Waals surface area (Å²) in [6.07, 6.45) is 1.03. The number of phenols is 1. The van der Waals surface area contributed by atoms with Gasteiger partial charge >= 0.3 is 0 Å². The van der Waals surface area contributed by atoms with Crippen LogP contribution in [-0.2, 0) is 10.8 Å². The lowest BCUT2D eigenvalue weighted by Crippen LogP contribution is -2.69. The lowest BCUT2D eigenvalue weighted by Gasteiger charge is -2.70. The van der Waals surface area contributed by atoms with Crippen molar-refractivity contribution >= 4 is 10.8 Å². The number of hydrogen-bond acceptors (Lipinski definition) is 1. The van der Waals surface area contributed by atoms with E-state index in [0.717, 1.165) is 12.0 Å². The molecule has 2 unspecified atom stereocenters. The summed E-state index contributed by atoms with van der Waals surface area (Å²) in [6.45, 7) is 4.83. The first-order valence-electron chi connectivity index (χ1n) is 10.5. The summed E-state index contributed by atoms with van der Waals surface area (Å²) in [5.74, 6) is 0.441. The maximum Gasteiger partial charge on any atom is 0.120 e. The largest absolute Gasteiger partial charge is 0.508 e. The van der Waals surface area contributed by atoms with Crippen molar-refractivity contribution in [2.45, 2.75) is 31.1 Å². The Morgan fingerprint density at radius 1 is 0.690 bits per heavy atom. The van der Waals surface area contributed by atoms with Crippen molar-refractivity contribution in [1.29, 1.82) is 0 Å². The van der Waals surface area contributed by atoms with Crippen molar-refractivity contribution in [3.63, 3.8) is 0 Å². The molecular weight excluding hydrogens is 352 g/mol. The molecule has 2 atom stereocenters. The van der Waals surface area contributed by atoms with Crippen LogP contribution in [0.1, 0.15) is 42.5 Å². The highest BCUT2D eigenvalue weighted by molar-refractivity contribution is 6.02. The third-order valence-corrected chi connectivity index (χ3v) is 8.22. The molecule has 29 heavy (non-hydrogen) atoms. The van der Waals surface area contributed by atoms with Gasteiger partial charge in [-0.25, -0.2) is 0 Å². The normalized spacial score (nSPS) is 26.8. The van der Waals surface area contributed by atoms with E-state index in [0.29, 0.717) is 5.75 Å². The number of fused-ring (bicyclic) bond motifs is 3. The SMILES string of the molecule is CC1(C)CC23c4ccccc4-c4ccccc4C12c1cccc2ccc(O)c3c12. The van der Waals surface area contributed by atoms with E-state index in [2.05, 4.69) is 86.6 Å². The van der Waals surface area contributed by atoms with Crippen molar-refractivity contribution in [2.75, 3.05) is 0 Å².